The largest absolute Gasteiger partial charge is 0.436 e. The van der Waals surface area contributed by atoms with Crippen LogP contribution in [0.1, 0.15) is 27.2 Å². The minimum Gasteiger partial charge on any atom is -0.436 e. The first kappa shape index (κ1) is 16.9. The van der Waals surface area contributed by atoms with Crippen molar-refractivity contribution in [1.82, 2.24) is 0 Å². The molecular weight excluding hydrogens is 296 g/mol. The average molecular weight is 325 g/mol. The summed E-state index contributed by atoms with van der Waals surface area (Å²) < 4.78 is 13.3. The van der Waals surface area contributed by atoms with Crippen LogP contribution in [0.5, 0.6) is 0 Å². The lowest BCUT2D eigenvalue weighted by molar-refractivity contribution is 0.341. The van der Waals surface area contributed by atoms with Crippen molar-refractivity contribution in [3.05, 3.63) is 0 Å². The number of alkyl halides is 1. The number of rotatable bonds is 5. The molecule has 0 N–H and O–H groups in total. The monoisotopic (exact) mass is 324 g/mol. The zero-order chi connectivity index (χ0) is 14.0. The van der Waals surface area contributed by atoms with E-state index in [-0.39, 0.29) is 0 Å². The molecule has 0 spiro atoms. The molecule has 2 atom stereocenters. The summed E-state index contributed by atoms with van der Waals surface area (Å²) in [5, 5.41) is 0.691. The molecule has 0 saturated carbocycles. The minimum absolute atomic E-state index is 0.691. The van der Waals surface area contributed by atoms with Crippen LogP contribution in [0.3, 0.4) is 0 Å². The van der Waals surface area contributed by atoms with Crippen molar-refractivity contribution in [1.29, 1.82) is 0 Å². The Kier molecular flexibility index (Phi) is 5.73. The van der Waals surface area contributed by atoms with Gasteiger partial charge in [0.05, 0.1) is 0 Å². The number of halogens is 1. The van der Waals surface area contributed by atoms with Crippen LogP contribution in [0.15, 0.2) is 0 Å². The van der Waals surface area contributed by atoms with Gasteiger partial charge in [0.2, 0.25) is 0 Å². The van der Waals surface area contributed by atoms with Crippen LogP contribution in [0.4, 0.5) is 0 Å². The molecule has 0 aromatic rings. The fourth-order valence-corrected chi connectivity index (χ4v) is 24.7. The molecule has 1 rings (SSSR count). The Morgan fingerprint density at radius 1 is 1.00 bits per heavy atom. The van der Waals surface area contributed by atoms with Crippen molar-refractivity contribution in [3.63, 3.8) is 0 Å². The Morgan fingerprint density at radius 2 is 1.44 bits per heavy atom. The lowest BCUT2D eigenvalue weighted by Crippen LogP contribution is -2.67. The summed E-state index contributed by atoms with van der Waals surface area (Å²) in [5.74, 6) is 0.722. The first-order valence-electron chi connectivity index (χ1n) is 7.21. The predicted octanol–water partition coefficient (Wildman–Crippen LogP) is 4.85. The van der Waals surface area contributed by atoms with Crippen molar-refractivity contribution in [2.24, 2.45) is 0 Å². The Hall–Kier alpha value is 0.861. The highest BCUT2D eigenvalue weighted by atomic mass is 35.5. The van der Waals surface area contributed by atoms with Gasteiger partial charge in [-0.1, -0.05) is 20.8 Å². The van der Waals surface area contributed by atoms with E-state index in [2.05, 4.69) is 40.4 Å². The summed E-state index contributed by atoms with van der Waals surface area (Å²) in [4.78, 5) is 0. The fourth-order valence-electron chi connectivity index (χ4n) is 3.08. The van der Waals surface area contributed by atoms with Crippen LogP contribution in [0.2, 0.25) is 42.9 Å². The van der Waals surface area contributed by atoms with E-state index in [1.54, 1.807) is 0 Å². The molecule has 108 valence electrons. The average Bonchev–Trinajstić information content (AvgIpc) is 2.33. The summed E-state index contributed by atoms with van der Waals surface area (Å²) in [5.41, 5.74) is 0. The summed E-state index contributed by atoms with van der Waals surface area (Å²) in [6.07, 6.45) is 1.03. The van der Waals surface area contributed by atoms with Gasteiger partial charge in [-0.2, -0.15) is 0 Å². The molecule has 6 heteroatoms. The summed E-state index contributed by atoms with van der Waals surface area (Å²) in [7, 11) is -5.17. The molecule has 1 fully saturated rings. The Morgan fingerprint density at radius 3 is 1.78 bits per heavy atom. The van der Waals surface area contributed by atoms with Gasteiger partial charge < -0.3 is 8.23 Å². The van der Waals surface area contributed by atoms with Gasteiger partial charge in [0.25, 0.3) is 0 Å². The van der Waals surface area contributed by atoms with E-state index in [0.717, 1.165) is 18.3 Å². The van der Waals surface area contributed by atoms with E-state index in [4.69, 9.17) is 19.8 Å². The highest BCUT2D eigenvalue weighted by molar-refractivity contribution is 7.02. The third-order valence-electron chi connectivity index (χ3n) is 4.90. The van der Waals surface area contributed by atoms with Crippen LogP contribution in [0.25, 0.3) is 0 Å². The Labute approximate surface area is 121 Å². The van der Waals surface area contributed by atoms with E-state index in [9.17, 15) is 0 Å². The van der Waals surface area contributed by atoms with Crippen LogP contribution < -0.4 is 0 Å². The van der Waals surface area contributed by atoms with Crippen molar-refractivity contribution < 1.29 is 8.23 Å². The van der Waals surface area contributed by atoms with Gasteiger partial charge in [-0.25, -0.2) is 0 Å². The predicted molar refractivity (Wildman–Crippen MR) is 87.6 cm³/mol. The molecule has 0 bridgehead atoms. The fraction of sp³-hybridized carbons (Fsp3) is 1.00. The SMILES string of the molecule is CC[Si]1(C)O[Si](C)(CCCCl)O[Si](C)(CC)C1C. The maximum absolute atomic E-state index is 6.65. The molecule has 1 aliphatic heterocycles. The lowest BCUT2D eigenvalue weighted by Gasteiger charge is -2.54. The third kappa shape index (κ3) is 3.30. The third-order valence-corrected chi connectivity index (χ3v) is 23.7. The summed E-state index contributed by atoms with van der Waals surface area (Å²) in [6, 6.07) is 3.49. The van der Waals surface area contributed by atoms with Gasteiger partial charge in [0.15, 0.2) is 16.6 Å². The van der Waals surface area contributed by atoms with Gasteiger partial charge in [-0.15, -0.1) is 11.6 Å². The van der Waals surface area contributed by atoms with Crippen LogP contribution >= 0.6 is 11.6 Å². The topological polar surface area (TPSA) is 18.5 Å². The van der Waals surface area contributed by atoms with E-state index in [1.165, 1.54) is 12.1 Å². The maximum Gasteiger partial charge on any atom is 0.314 e. The molecule has 18 heavy (non-hydrogen) atoms. The Balaban J connectivity index is 2.99. The van der Waals surface area contributed by atoms with E-state index in [1.807, 2.05) is 0 Å². The van der Waals surface area contributed by atoms with Gasteiger partial charge in [0.1, 0.15) is 0 Å². The van der Waals surface area contributed by atoms with E-state index >= 15 is 0 Å². The van der Waals surface area contributed by atoms with Crippen molar-refractivity contribution in [3.8, 4) is 0 Å². The molecule has 1 aliphatic rings. The smallest absolute Gasteiger partial charge is 0.314 e. The second kappa shape index (κ2) is 6.10. The molecule has 2 nitrogen and oxygen atoms in total. The van der Waals surface area contributed by atoms with Crippen molar-refractivity contribution >= 4 is 36.8 Å². The van der Waals surface area contributed by atoms with Crippen LogP contribution in [-0.2, 0) is 8.23 Å². The van der Waals surface area contributed by atoms with Crippen molar-refractivity contribution in [2.45, 2.75) is 70.1 Å². The highest BCUT2D eigenvalue weighted by Crippen LogP contribution is 2.46. The summed E-state index contributed by atoms with van der Waals surface area (Å²) >= 11 is 5.86. The molecule has 1 heterocycles. The standard InChI is InChI=1S/C12H29ClO2Si3/c1-7-16(4)12(3)17(5,8-2)15-18(6,14-16)11-9-10-13/h12H,7-11H2,1-6H3. The molecule has 0 radical (unpaired) electrons. The number of hydrogen-bond donors (Lipinski definition) is 0. The van der Waals surface area contributed by atoms with Crippen LogP contribution in [-0.4, -0.2) is 31.1 Å². The zero-order valence-electron chi connectivity index (χ0n) is 12.8. The highest BCUT2D eigenvalue weighted by Gasteiger charge is 2.57. The first-order valence-corrected chi connectivity index (χ1v) is 15.7. The second-order valence-corrected chi connectivity index (χ2v) is 19.9. The normalized spacial score (nSPS) is 45.2. The van der Waals surface area contributed by atoms with Gasteiger partial charge in [-0.3, -0.25) is 0 Å². The van der Waals surface area contributed by atoms with Crippen LogP contribution in [0, 0.1) is 0 Å². The maximum atomic E-state index is 6.65. The minimum atomic E-state index is -1.97. The van der Waals surface area contributed by atoms with Crippen molar-refractivity contribution in [2.75, 3.05) is 5.88 Å². The second-order valence-electron chi connectivity index (χ2n) is 6.18. The number of hydrogen-bond acceptors (Lipinski definition) is 2. The molecule has 2 unspecified atom stereocenters. The summed E-state index contributed by atoms with van der Waals surface area (Å²) in [6.45, 7) is 14.1. The molecule has 0 aromatic carbocycles. The quantitative estimate of drug-likeness (QED) is 0.531. The Bertz CT molecular complexity index is 272. The molecule has 0 aliphatic carbocycles. The lowest BCUT2D eigenvalue weighted by atomic mass is 10.6. The van der Waals surface area contributed by atoms with E-state index in [0.29, 0.717) is 5.16 Å². The zero-order valence-corrected chi connectivity index (χ0v) is 16.6. The molecule has 0 amide bonds. The first-order chi connectivity index (χ1) is 8.25. The van der Waals surface area contributed by atoms with Gasteiger partial charge >= 0.3 is 8.56 Å². The molecule has 1 saturated heterocycles. The molecular formula is C12H29ClO2Si3. The van der Waals surface area contributed by atoms with Gasteiger partial charge in [-0.05, 0) is 49.4 Å². The van der Waals surface area contributed by atoms with Gasteiger partial charge in [0, 0.05) is 5.88 Å². The van der Waals surface area contributed by atoms with E-state index < -0.39 is 25.2 Å². The molecule has 0 aromatic heterocycles.